The molecular weight excluding hydrogens is 544 g/mol. The minimum Gasteiger partial charge on any atom is -0.456 e. The van der Waals surface area contributed by atoms with Crippen LogP contribution in [0.25, 0.3) is 98.1 Å². The lowest BCUT2D eigenvalue weighted by atomic mass is 9.84. The molecule has 208 valence electrons. The van der Waals surface area contributed by atoms with E-state index < -0.39 is 24.2 Å². The van der Waals surface area contributed by atoms with Gasteiger partial charge in [0.05, 0.1) is 11.0 Å². The van der Waals surface area contributed by atoms with Crippen LogP contribution in [0, 0.1) is 0 Å². The first-order chi connectivity index (χ1) is 25.7. The van der Waals surface area contributed by atoms with Crippen LogP contribution < -0.4 is 0 Å². The van der Waals surface area contributed by atoms with Crippen molar-refractivity contribution >= 4 is 75.8 Å². The van der Waals surface area contributed by atoms with Gasteiger partial charge in [-0.25, -0.2) is 0 Å². The third-order valence-electron chi connectivity index (χ3n) is 9.05. The van der Waals surface area contributed by atoms with E-state index in [1.807, 2.05) is 97.1 Å². The van der Waals surface area contributed by atoms with Crippen molar-refractivity contribution in [1.82, 2.24) is 0 Å². The molecule has 0 aliphatic rings. The third-order valence-corrected chi connectivity index (χ3v) is 9.05. The van der Waals surface area contributed by atoms with Crippen LogP contribution in [-0.2, 0) is 0 Å². The molecule has 1 heteroatoms. The number of hydrogen-bond acceptors (Lipinski definition) is 1. The van der Waals surface area contributed by atoms with Crippen molar-refractivity contribution < 1.29 is 15.4 Å². The van der Waals surface area contributed by atoms with Crippen LogP contribution in [0.1, 0.15) is 11.0 Å². The van der Waals surface area contributed by atoms with Gasteiger partial charge in [0.1, 0.15) is 11.2 Å². The summed E-state index contributed by atoms with van der Waals surface area (Å²) in [5.41, 5.74) is 2.96. The standard InChI is InChI=1S/C44H26O/c1-2-13-29-25-30(22-21-27(29)11-1)41-34-17-7-9-19-36(34)42(37-20-10-8-18-35(37)41)38-26-40-44(33-16-6-5-15-32(33)38)43-31-14-4-3-12-28(31)23-24-39(43)45-40/h1-26H/i7D,8D,9D,10D,17D,18D,19D,20D. The molecule has 0 aliphatic carbocycles. The van der Waals surface area contributed by atoms with Gasteiger partial charge in [0.2, 0.25) is 0 Å². The number of rotatable bonds is 2. The van der Waals surface area contributed by atoms with Crippen LogP contribution in [0.5, 0.6) is 0 Å². The Bertz CT molecular complexity index is 3190. The van der Waals surface area contributed by atoms with Crippen LogP contribution in [0.4, 0.5) is 0 Å². The second kappa shape index (κ2) is 9.29. The zero-order valence-electron chi connectivity index (χ0n) is 31.8. The Morgan fingerprint density at radius 1 is 0.400 bits per heavy atom. The van der Waals surface area contributed by atoms with Crippen molar-refractivity contribution in [3.63, 3.8) is 0 Å². The number of benzene rings is 9. The summed E-state index contributed by atoms with van der Waals surface area (Å²) < 4.78 is 79.6. The number of fused-ring (bicyclic) bond motifs is 10. The van der Waals surface area contributed by atoms with E-state index in [-0.39, 0.29) is 45.7 Å². The lowest BCUT2D eigenvalue weighted by Crippen LogP contribution is -1.92. The van der Waals surface area contributed by atoms with Gasteiger partial charge >= 0.3 is 0 Å². The molecule has 0 saturated carbocycles. The molecule has 10 rings (SSSR count). The van der Waals surface area contributed by atoms with Gasteiger partial charge < -0.3 is 4.42 Å². The average Bonchev–Trinajstić information content (AvgIpc) is 3.58. The molecule has 0 spiro atoms. The average molecular weight is 579 g/mol. The van der Waals surface area contributed by atoms with Gasteiger partial charge in [0, 0.05) is 10.8 Å². The number of hydrogen-bond donors (Lipinski definition) is 0. The largest absolute Gasteiger partial charge is 0.456 e. The molecule has 0 aliphatic heterocycles. The summed E-state index contributed by atoms with van der Waals surface area (Å²) in [5, 5.41) is 8.06. The maximum absolute atomic E-state index is 9.44. The summed E-state index contributed by atoms with van der Waals surface area (Å²) in [4.78, 5) is 0. The zero-order chi connectivity index (χ0) is 36.4. The Morgan fingerprint density at radius 3 is 1.69 bits per heavy atom. The molecule has 45 heavy (non-hydrogen) atoms. The Labute approximate surface area is 270 Å². The van der Waals surface area contributed by atoms with E-state index in [1.54, 1.807) is 0 Å². The third kappa shape index (κ3) is 3.50. The minimum atomic E-state index is -0.436. The Balaban J connectivity index is 1.49. The van der Waals surface area contributed by atoms with Crippen molar-refractivity contribution in [3.8, 4) is 22.3 Å². The highest BCUT2D eigenvalue weighted by Gasteiger charge is 2.21. The van der Waals surface area contributed by atoms with Gasteiger partial charge in [0.25, 0.3) is 0 Å². The fourth-order valence-electron chi connectivity index (χ4n) is 7.14. The normalized spacial score (nSPS) is 14.5. The van der Waals surface area contributed by atoms with Gasteiger partial charge in [-0.3, -0.25) is 0 Å². The van der Waals surface area contributed by atoms with Crippen LogP contribution in [0.2, 0.25) is 0 Å². The van der Waals surface area contributed by atoms with E-state index in [4.69, 9.17) is 9.90 Å². The molecule has 0 saturated heterocycles. The molecule has 0 fully saturated rings. The molecule has 1 heterocycles. The fourth-order valence-corrected chi connectivity index (χ4v) is 7.14. The second-order valence-corrected chi connectivity index (χ2v) is 11.4. The Kier molecular flexibility index (Phi) is 3.72. The SMILES string of the molecule is [2H]c1c([2H])c([2H])c2c(-c3cc4oc5ccc6ccccc6c5c4c4ccccc34)c3c([2H])c([2H])c([2H])c([2H])c3c(-c3ccc4ccccc4c3)c2c1[2H]. The van der Waals surface area contributed by atoms with E-state index in [1.165, 1.54) is 0 Å². The molecule has 1 aromatic heterocycles. The van der Waals surface area contributed by atoms with Crippen LogP contribution in [0.15, 0.2) is 162 Å². The Hall–Kier alpha value is -5.92. The zero-order valence-corrected chi connectivity index (χ0v) is 23.8. The van der Waals surface area contributed by atoms with Crippen molar-refractivity contribution in [1.29, 1.82) is 0 Å². The molecule has 9 aromatic carbocycles. The van der Waals surface area contributed by atoms with Crippen molar-refractivity contribution in [3.05, 3.63) is 158 Å². The quantitative estimate of drug-likeness (QED) is 0.186. The van der Waals surface area contributed by atoms with Crippen molar-refractivity contribution in [2.24, 2.45) is 0 Å². The lowest BCUT2D eigenvalue weighted by molar-refractivity contribution is 0.669. The van der Waals surface area contributed by atoms with Gasteiger partial charge in [-0.15, -0.1) is 0 Å². The molecule has 0 bridgehead atoms. The molecule has 0 N–H and O–H groups in total. The summed E-state index contributed by atoms with van der Waals surface area (Å²) >= 11 is 0. The summed E-state index contributed by atoms with van der Waals surface area (Å²) in [5.74, 6) is 0. The Morgan fingerprint density at radius 2 is 0.956 bits per heavy atom. The molecule has 0 amide bonds. The maximum atomic E-state index is 9.44. The maximum Gasteiger partial charge on any atom is 0.136 e. The predicted molar refractivity (Wildman–Crippen MR) is 192 cm³/mol. The fraction of sp³-hybridized carbons (Fsp3) is 0. The van der Waals surface area contributed by atoms with Gasteiger partial charge in [-0.1, -0.05) is 139 Å². The van der Waals surface area contributed by atoms with E-state index in [9.17, 15) is 5.48 Å². The molecule has 0 radical (unpaired) electrons. The van der Waals surface area contributed by atoms with E-state index in [2.05, 4.69) is 12.1 Å². The monoisotopic (exact) mass is 578 g/mol. The van der Waals surface area contributed by atoms with Crippen LogP contribution in [-0.4, -0.2) is 0 Å². The molecule has 1 nitrogen and oxygen atoms in total. The molecular formula is C44H26O. The van der Waals surface area contributed by atoms with Gasteiger partial charge in [0.15, 0.2) is 0 Å². The molecule has 0 unspecified atom stereocenters. The minimum absolute atomic E-state index is 0.169. The van der Waals surface area contributed by atoms with Crippen molar-refractivity contribution in [2.75, 3.05) is 0 Å². The summed E-state index contributed by atoms with van der Waals surface area (Å²) in [6.45, 7) is 0. The van der Waals surface area contributed by atoms with Crippen molar-refractivity contribution in [2.45, 2.75) is 0 Å². The number of furan rings is 1. The lowest BCUT2D eigenvalue weighted by Gasteiger charge is -2.19. The topological polar surface area (TPSA) is 13.1 Å². The van der Waals surface area contributed by atoms with Crippen LogP contribution in [0.3, 0.4) is 0 Å². The smallest absolute Gasteiger partial charge is 0.136 e. The highest BCUT2D eigenvalue weighted by Crippen LogP contribution is 2.48. The highest BCUT2D eigenvalue weighted by atomic mass is 16.3. The van der Waals surface area contributed by atoms with E-state index in [0.717, 1.165) is 43.1 Å². The van der Waals surface area contributed by atoms with E-state index >= 15 is 0 Å². The van der Waals surface area contributed by atoms with Gasteiger partial charge in [-0.05, 0) is 94.3 Å². The first-order valence-electron chi connectivity index (χ1n) is 18.9. The highest BCUT2D eigenvalue weighted by molar-refractivity contribution is 6.31. The summed E-state index contributed by atoms with van der Waals surface area (Å²) in [7, 11) is 0. The molecule has 0 atom stereocenters. The van der Waals surface area contributed by atoms with Crippen LogP contribution >= 0.6 is 0 Å². The molecule has 10 aromatic rings. The second-order valence-electron chi connectivity index (χ2n) is 11.4. The summed E-state index contributed by atoms with van der Waals surface area (Å²) in [6, 6.07) is 32.2. The van der Waals surface area contributed by atoms with Gasteiger partial charge in [-0.2, -0.15) is 0 Å². The van der Waals surface area contributed by atoms with E-state index in [0.29, 0.717) is 33.4 Å². The first-order valence-corrected chi connectivity index (χ1v) is 14.9. The summed E-state index contributed by atoms with van der Waals surface area (Å²) in [6.07, 6.45) is 0. The first kappa shape index (κ1) is 18.0. The predicted octanol–water partition coefficient (Wildman–Crippen LogP) is 12.7.